The summed E-state index contributed by atoms with van der Waals surface area (Å²) < 4.78 is 18.0. The van der Waals surface area contributed by atoms with E-state index in [1.807, 2.05) is 6.92 Å². The second-order valence-electron chi connectivity index (χ2n) is 3.91. The lowest BCUT2D eigenvalue weighted by atomic mass is 10.1. The number of aryl methyl sites for hydroxylation is 1. The molecule has 1 aromatic heterocycles. The summed E-state index contributed by atoms with van der Waals surface area (Å²) in [4.78, 5) is 5.32. The Morgan fingerprint density at radius 2 is 2.28 bits per heavy atom. The Morgan fingerprint density at radius 1 is 1.44 bits per heavy atom. The van der Waals surface area contributed by atoms with Gasteiger partial charge < -0.3 is 10.1 Å². The van der Waals surface area contributed by atoms with Gasteiger partial charge in [-0.3, -0.25) is 0 Å². The van der Waals surface area contributed by atoms with E-state index in [0.717, 1.165) is 27.7 Å². The Kier molecular flexibility index (Phi) is 4.28. The molecule has 3 nitrogen and oxygen atoms in total. The van der Waals surface area contributed by atoms with Crippen molar-refractivity contribution < 1.29 is 9.13 Å². The topological polar surface area (TPSA) is 34.1 Å². The van der Waals surface area contributed by atoms with Crippen molar-refractivity contribution in [1.82, 2.24) is 4.98 Å². The second kappa shape index (κ2) is 5.93. The zero-order valence-electron chi connectivity index (χ0n) is 10.4. The van der Waals surface area contributed by atoms with Crippen molar-refractivity contribution in [2.24, 2.45) is 0 Å². The van der Waals surface area contributed by atoms with Crippen LogP contribution < -0.4 is 5.32 Å². The van der Waals surface area contributed by atoms with Crippen molar-refractivity contribution in [3.05, 3.63) is 35.8 Å². The number of thiazole rings is 1. The van der Waals surface area contributed by atoms with Crippen LogP contribution in [0.3, 0.4) is 0 Å². The van der Waals surface area contributed by atoms with Gasteiger partial charge in [0.25, 0.3) is 0 Å². The molecular formula is C13H15FN2OS. The lowest BCUT2D eigenvalue weighted by Gasteiger charge is -2.02. The van der Waals surface area contributed by atoms with Crippen LogP contribution in [0.15, 0.2) is 24.4 Å². The highest BCUT2D eigenvalue weighted by Gasteiger charge is 2.07. The lowest BCUT2D eigenvalue weighted by Crippen LogP contribution is -2.06. The van der Waals surface area contributed by atoms with Gasteiger partial charge in [0, 0.05) is 19.9 Å². The van der Waals surface area contributed by atoms with Crippen molar-refractivity contribution in [3.8, 4) is 10.4 Å². The van der Waals surface area contributed by atoms with E-state index in [1.54, 1.807) is 30.7 Å². The van der Waals surface area contributed by atoms with Crippen LogP contribution in [0, 0.1) is 12.7 Å². The third kappa shape index (κ3) is 3.05. The normalized spacial score (nSPS) is 10.6. The molecule has 18 heavy (non-hydrogen) atoms. The number of rotatable bonds is 5. The van der Waals surface area contributed by atoms with Crippen molar-refractivity contribution in [2.75, 3.05) is 25.6 Å². The molecule has 2 rings (SSSR count). The Labute approximate surface area is 110 Å². The number of methoxy groups -OCH3 is 1. The summed E-state index contributed by atoms with van der Waals surface area (Å²) in [5.74, 6) is -0.209. The van der Waals surface area contributed by atoms with Crippen LogP contribution >= 0.6 is 11.3 Å². The molecule has 0 fully saturated rings. The highest BCUT2D eigenvalue weighted by Crippen LogP contribution is 2.31. The number of hydrogen-bond acceptors (Lipinski definition) is 4. The van der Waals surface area contributed by atoms with Gasteiger partial charge in [-0.05, 0) is 30.2 Å². The zero-order chi connectivity index (χ0) is 13.0. The standard InChI is InChI=1S/C13H15FN2OS/c1-9-7-10(14)3-4-11(9)12-8-16-13(18-12)15-5-6-17-2/h3-4,7-8H,5-6H2,1-2H3,(H,15,16). The van der Waals surface area contributed by atoms with Gasteiger partial charge in [0.2, 0.25) is 0 Å². The Bertz CT molecular complexity index is 527. The zero-order valence-corrected chi connectivity index (χ0v) is 11.2. The second-order valence-corrected chi connectivity index (χ2v) is 4.94. The fourth-order valence-electron chi connectivity index (χ4n) is 1.64. The quantitative estimate of drug-likeness (QED) is 0.843. The molecule has 0 saturated carbocycles. The number of aromatic nitrogens is 1. The Hall–Kier alpha value is -1.46. The summed E-state index contributed by atoms with van der Waals surface area (Å²) in [6.45, 7) is 3.27. The molecule has 2 aromatic rings. The molecule has 0 aliphatic rings. The van der Waals surface area contributed by atoms with Gasteiger partial charge in [0.15, 0.2) is 5.13 Å². The minimum atomic E-state index is -0.209. The number of benzene rings is 1. The summed E-state index contributed by atoms with van der Waals surface area (Å²) in [5, 5.41) is 4.03. The van der Waals surface area contributed by atoms with Crippen molar-refractivity contribution in [1.29, 1.82) is 0 Å². The van der Waals surface area contributed by atoms with Crippen LogP contribution in [0.1, 0.15) is 5.56 Å². The van der Waals surface area contributed by atoms with Crippen molar-refractivity contribution >= 4 is 16.5 Å². The van der Waals surface area contributed by atoms with Crippen LogP contribution in [-0.4, -0.2) is 25.2 Å². The van der Waals surface area contributed by atoms with Crippen LogP contribution in [0.4, 0.5) is 9.52 Å². The molecule has 0 unspecified atom stereocenters. The molecule has 0 atom stereocenters. The number of ether oxygens (including phenoxy) is 1. The molecule has 1 aromatic carbocycles. The van der Waals surface area contributed by atoms with Gasteiger partial charge in [-0.1, -0.05) is 17.4 Å². The van der Waals surface area contributed by atoms with Gasteiger partial charge >= 0.3 is 0 Å². The van der Waals surface area contributed by atoms with E-state index in [9.17, 15) is 4.39 Å². The summed E-state index contributed by atoms with van der Waals surface area (Å²) >= 11 is 1.56. The first-order chi connectivity index (χ1) is 8.70. The van der Waals surface area contributed by atoms with E-state index >= 15 is 0 Å². The van der Waals surface area contributed by atoms with Crippen LogP contribution in [0.25, 0.3) is 10.4 Å². The first-order valence-corrected chi connectivity index (χ1v) is 6.47. The maximum absolute atomic E-state index is 13.0. The first-order valence-electron chi connectivity index (χ1n) is 5.66. The molecule has 0 bridgehead atoms. The fourth-order valence-corrected chi connectivity index (χ4v) is 2.58. The Morgan fingerprint density at radius 3 is 3.00 bits per heavy atom. The minimum Gasteiger partial charge on any atom is -0.383 e. The minimum absolute atomic E-state index is 0.209. The monoisotopic (exact) mass is 266 g/mol. The molecular weight excluding hydrogens is 251 g/mol. The molecule has 96 valence electrons. The van der Waals surface area contributed by atoms with E-state index in [1.165, 1.54) is 12.1 Å². The predicted molar refractivity (Wildman–Crippen MR) is 72.6 cm³/mol. The van der Waals surface area contributed by atoms with Crippen LogP contribution in [0.5, 0.6) is 0 Å². The summed E-state index contributed by atoms with van der Waals surface area (Å²) in [6.07, 6.45) is 1.81. The van der Waals surface area contributed by atoms with E-state index in [4.69, 9.17) is 4.74 Å². The molecule has 0 saturated heterocycles. The van der Waals surface area contributed by atoms with E-state index in [2.05, 4.69) is 10.3 Å². The van der Waals surface area contributed by atoms with Crippen LogP contribution in [0.2, 0.25) is 0 Å². The van der Waals surface area contributed by atoms with Gasteiger partial charge in [-0.2, -0.15) is 0 Å². The highest BCUT2D eigenvalue weighted by atomic mass is 32.1. The van der Waals surface area contributed by atoms with Crippen molar-refractivity contribution in [2.45, 2.75) is 6.92 Å². The number of nitrogens with one attached hydrogen (secondary N) is 1. The molecule has 1 N–H and O–H groups in total. The first kappa shape index (κ1) is 13.0. The predicted octanol–water partition coefficient (Wildman–Crippen LogP) is 3.32. The maximum Gasteiger partial charge on any atom is 0.183 e. The van der Waals surface area contributed by atoms with Gasteiger partial charge in [0.05, 0.1) is 11.5 Å². The van der Waals surface area contributed by atoms with Gasteiger partial charge in [0.1, 0.15) is 5.82 Å². The Balaban J connectivity index is 2.13. The third-order valence-electron chi connectivity index (χ3n) is 2.54. The fraction of sp³-hybridized carbons (Fsp3) is 0.308. The third-order valence-corrected chi connectivity index (χ3v) is 3.53. The maximum atomic E-state index is 13.0. The number of anilines is 1. The lowest BCUT2D eigenvalue weighted by molar-refractivity contribution is 0.211. The van der Waals surface area contributed by atoms with Crippen LogP contribution in [-0.2, 0) is 4.74 Å². The van der Waals surface area contributed by atoms with E-state index < -0.39 is 0 Å². The van der Waals surface area contributed by atoms with Gasteiger partial charge in [-0.15, -0.1) is 0 Å². The molecule has 0 aliphatic carbocycles. The molecule has 1 heterocycles. The van der Waals surface area contributed by atoms with E-state index in [0.29, 0.717) is 6.61 Å². The number of halogens is 1. The van der Waals surface area contributed by atoms with Crippen molar-refractivity contribution in [3.63, 3.8) is 0 Å². The average Bonchev–Trinajstić information content (AvgIpc) is 2.78. The molecule has 0 spiro atoms. The SMILES string of the molecule is COCCNc1ncc(-c2ccc(F)cc2C)s1. The van der Waals surface area contributed by atoms with Gasteiger partial charge in [-0.25, -0.2) is 9.37 Å². The van der Waals surface area contributed by atoms with E-state index in [-0.39, 0.29) is 5.82 Å². The molecule has 0 amide bonds. The number of nitrogens with zero attached hydrogens (tertiary/aromatic N) is 1. The summed E-state index contributed by atoms with van der Waals surface area (Å²) in [6, 6.07) is 4.80. The molecule has 0 aliphatic heterocycles. The summed E-state index contributed by atoms with van der Waals surface area (Å²) in [7, 11) is 1.66. The molecule has 0 radical (unpaired) electrons. The summed E-state index contributed by atoms with van der Waals surface area (Å²) in [5.41, 5.74) is 1.94. The largest absolute Gasteiger partial charge is 0.383 e. The highest BCUT2D eigenvalue weighted by molar-refractivity contribution is 7.18. The number of hydrogen-bond donors (Lipinski definition) is 1. The smallest absolute Gasteiger partial charge is 0.183 e. The molecule has 5 heteroatoms. The average molecular weight is 266 g/mol.